The van der Waals surface area contributed by atoms with Crippen LogP contribution in [0.5, 0.6) is 0 Å². The van der Waals surface area contributed by atoms with Crippen molar-refractivity contribution in [3.8, 4) is 0 Å². The second-order valence-electron chi connectivity index (χ2n) is 4.48. The molecule has 2 atom stereocenters. The van der Waals surface area contributed by atoms with Crippen LogP contribution >= 0.6 is 0 Å². The topological polar surface area (TPSA) is 55.1 Å². The molecule has 3 nitrogen and oxygen atoms in total. The zero-order valence-electron chi connectivity index (χ0n) is 9.25. The maximum atomic E-state index is 11.6. The highest BCUT2D eigenvalue weighted by molar-refractivity contribution is 5.78. The minimum Gasteiger partial charge on any atom is -0.353 e. The molecule has 1 unspecified atom stereocenters. The van der Waals surface area contributed by atoms with Crippen molar-refractivity contribution in [1.82, 2.24) is 5.32 Å². The van der Waals surface area contributed by atoms with E-state index in [1.54, 1.807) is 0 Å². The predicted molar refractivity (Wildman–Crippen MR) is 57.8 cm³/mol. The van der Waals surface area contributed by atoms with Crippen molar-refractivity contribution < 1.29 is 4.79 Å². The van der Waals surface area contributed by atoms with E-state index in [1.807, 2.05) is 6.92 Å². The molecule has 1 rings (SSSR count). The smallest absolute Gasteiger partial charge is 0.224 e. The van der Waals surface area contributed by atoms with E-state index in [0.29, 0.717) is 18.5 Å². The van der Waals surface area contributed by atoms with Crippen molar-refractivity contribution in [3.63, 3.8) is 0 Å². The summed E-state index contributed by atoms with van der Waals surface area (Å²) in [5, 5.41) is 3.05. The van der Waals surface area contributed by atoms with Gasteiger partial charge < -0.3 is 11.1 Å². The van der Waals surface area contributed by atoms with Crippen molar-refractivity contribution in [3.05, 3.63) is 0 Å². The normalized spacial score (nSPS) is 21.9. The van der Waals surface area contributed by atoms with Gasteiger partial charge in [-0.2, -0.15) is 0 Å². The highest BCUT2D eigenvalue weighted by Gasteiger charge is 2.23. The van der Waals surface area contributed by atoms with Crippen LogP contribution in [0.25, 0.3) is 0 Å². The molecular formula is C11H22N2O. The maximum absolute atomic E-state index is 11.6. The number of nitrogens with two attached hydrogens (primary N) is 1. The summed E-state index contributed by atoms with van der Waals surface area (Å²) in [5.74, 6) is 0.731. The van der Waals surface area contributed by atoms with Crippen molar-refractivity contribution in [2.75, 3.05) is 6.54 Å². The van der Waals surface area contributed by atoms with Gasteiger partial charge in [-0.25, -0.2) is 0 Å². The molecule has 0 radical (unpaired) electrons. The molecule has 0 aliphatic heterocycles. The number of rotatable bonds is 4. The Kier molecular flexibility index (Phi) is 4.39. The Hall–Kier alpha value is -0.570. The summed E-state index contributed by atoms with van der Waals surface area (Å²) >= 11 is 0. The fourth-order valence-corrected chi connectivity index (χ4v) is 2.05. The quantitative estimate of drug-likeness (QED) is 0.715. The fourth-order valence-electron chi connectivity index (χ4n) is 2.05. The lowest BCUT2D eigenvalue weighted by molar-refractivity contribution is -0.125. The average molecular weight is 198 g/mol. The molecule has 1 saturated carbocycles. The summed E-state index contributed by atoms with van der Waals surface area (Å²) in [6, 6.07) is 0.319. The second kappa shape index (κ2) is 5.35. The minimum absolute atomic E-state index is 0.0566. The third-order valence-electron chi connectivity index (χ3n) is 3.28. The van der Waals surface area contributed by atoms with Gasteiger partial charge in [-0.3, -0.25) is 4.79 Å². The summed E-state index contributed by atoms with van der Waals surface area (Å²) < 4.78 is 0. The van der Waals surface area contributed by atoms with E-state index in [-0.39, 0.29) is 11.8 Å². The van der Waals surface area contributed by atoms with E-state index in [4.69, 9.17) is 5.73 Å². The molecule has 0 saturated heterocycles. The van der Waals surface area contributed by atoms with Gasteiger partial charge in [0, 0.05) is 18.5 Å². The summed E-state index contributed by atoms with van der Waals surface area (Å²) in [5.41, 5.74) is 5.44. The van der Waals surface area contributed by atoms with Crippen LogP contribution in [-0.2, 0) is 4.79 Å². The van der Waals surface area contributed by atoms with Crippen LogP contribution in [0.1, 0.15) is 39.5 Å². The number of hydrogen-bond acceptors (Lipinski definition) is 2. The first-order valence-corrected chi connectivity index (χ1v) is 5.65. The molecule has 14 heavy (non-hydrogen) atoms. The molecule has 0 aromatic heterocycles. The molecule has 1 amide bonds. The predicted octanol–water partition coefficient (Wildman–Crippen LogP) is 1.28. The molecule has 3 N–H and O–H groups in total. The molecule has 0 aromatic rings. The van der Waals surface area contributed by atoms with Gasteiger partial charge in [-0.15, -0.1) is 0 Å². The summed E-state index contributed by atoms with van der Waals surface area (Å²) in [6.45, 7) is 4.41. The third kappa shape index (κ3) is 2.98. The van der Waals surface area contributed by atoms with Crippen molar-refractivity contribution in [2.45, 2.75) is 45.6 Å². The molecule has 1 aliphatic carbocycles. The van der Waals surface area contributed by atoms with Crippen LogP contribution in [-0.4, -0.2) is 18.5 Å². The molecule has 0 bridgehead atoms. The molecule has 0 heterocycles. The van der Waals surface area contributed by atoms with Crippen LogP contribution in [0.4, 0.5) is 0 Å². The van der Waals surface area contributed by atoms with Crippen LogP contribution in [0.3, 0.4) is 0 Å². The first kappa shape index (κ1) is 11.5. The van der Waals surface area contributed by atoms with Gasteiger partial charge in [0.15, 0.2) is 0 Å². The Labute approximate surface area is 86.4 Å². The molecule has 0 aromatic carbocycles. The minimum atomic E-state index is -0.0566. The van der Waals surface area contributed by atoms with E-state index >= 15 is 0 Å². The maximum Gasteiger partial charge on any atom is 0.224 e. The van der Waals surface area contributed by atoms with Crippen LogP contribution < -0.4 is 11.1 Å². The average Bonchev–Trinajstić information content (AvgIpc) is 2.69. The lowest BCUT2D eigenvalue weighted by Gasteiger charge is -2.22. The monoisotopic (exact) mass is 198 g/mol. The Balaban J connectivity index is 2.31. The van der Waals surface area contributed by atoms with E-state index in [2.05, 4.69) is 12.2 Å². The Bertz CT molecular complexity index is 188. The van der Waals surface area contributed by atoms with Gasteiger partial charge in [0.05, 0.1) is 0 Å². The number of amides is 1. The van der Waals surface area contributed by atoms with Gasteiger partial charge >= 0.3 is 0 Å². The zero-order chi connectivity index (χ0) is 10.6. The first-order chi connectivity index (χ1) is 6.65. The standard InChI is InChI=1S/C11H22N2O/c1-8(7-12)11(14)13-9(2)10-5-3-4-6-10/h8-10H,3-7,12H2,1-2H3,(H,13,14)/t8?,9-/m0/s1. The van der Waals surface area contributed by atoms with Gasteiger partial charge in [0.2, 0.25) is 5.91 Å². The summed E-state index contributed by atoms with van der Waals surface area (Å²) in [7, 11) is 0. The van der Waals surface area contributed by atoms with Crippen LogP contribution in [0.2, 0.25) is 0 Å². The molecule has 82 valence electrons. The first-order valence-electron chi connectivity index (χ1n) is 5.65. The van der Waals surface area contributed by atoms with E-state index in [1.165, 1.54) is 25.7 Å². The van der Waals surface area contributed by atoms with E-state index in [0.717, 1.165) is 0 Å². The number of carbonyl (C=O) groups excluding carboxylic acids is 1. The van der Waals surface area contributed by atoms with E-state index < -0.39 is 0 Å². The number of nitrogens with one attached hydrogen (secondary N) is 1. The molecule has 1 fully saturated rings. The third-order valence-corrected chi connectivity index (χ3v) is 3.28. The van der Waals surface area contributed by atoms with Gasteiger partial charge in [-0.05, 0) is 25.7 Å². The van der Waals surface area contributed by atoms with Crippen molar-refractivity contribution in [2.24, 2.45) is 17.6 Å². The lowest BCUT2D eigenvalue weighted by atomic mass is 9.99. The zero-order valence-corrected chi connectivity index (χ0v) is 9.25. The number of hydrogen-bond donors (Lipinski definition) is 2. The Morgan fingerprint density at radius 3 is 2.50 bits per heavy atom. The molecule has 1 aliphatic rings. The molecule has 3 heteroatoms. The summed E-state index contributed by atoms with van der Waals surface area (Å²) in [6.07, 6.45) is 5.16. The summed E-state index contributed by atoms with van der Waals surface area (Å²) in [4.78, 5) is 11.6. The Morgan fingerprint density at radius 2 is 2.00 bits per heavy atom. The van der Waals surface area contributed by atoms with Gasteiger partial charge in [0.1, 0.15) is 0 Å². The van der Waals surface area contributed by atoms with Crippen LogP contribution in [0, 0.1) is 11.8 Å². The highest BCUT2D eigenvalue weighted by atomic mass is 16.1. The van der Waals surface area contributed by atoms with Gasteiger partial charge in [-0.1, -0.05) is 19.8 Å². The largest absolute Gasteiger partial charge is 0.353 e. The van der Waals surface area contributed by atoms with Gasteiger partial charge in [0.25, 0.3) is 0 Å². The SMILES string of the molecule is CC(CN)C(=O)N[C@@H](C)C1CCCC1. The second-order valence-corrected chi connectivity index (χ2v) is 4.48. The van der Waals surface area contributed by atoms with Crippen molar-refractivity contribution >= 4 is 5.91 Å². The Morgan fingerprint density at radius 1 is 1.43 bits per heavy atom. The van der Waals surface area contributed by atoms with Crippen molar-refractivity contribution in [1.29, 1.82) is 0 Å². The van der Waals surface area contributed by atoms with E-state index in [9.17, 15) is 4.79 Å². The number of carbonyl (C=O) groups is 1. The molecule has 0 spiro atoms. The van der Waals surface area contributed by atoms with Crippen LogP contribution in [0.15, 0.2) is 0 Å². The molecular weight excluding hydrogens is 176 g/mol. The fraction of sp³-hybridized carbons (Fsp3) is 0.909. The lowest BCUT2D eigenvalue weighted by Crippen LogP contribution is -2.41. The highest BCUT2D eigenvalue weighted by Crippen LogP contribution is 2.27.